The molecule has 1 aromatic carbocycles. The van der Waals surface area contributed by atoms with Crippen molar-refractivity contribution in [3.05, 3.63) is 59.1 Å². The van der Waals surface area contributed by atoms with Gasteiger partial charge in [0.05, 0.1) is 18.5 Å². The van der Waals surface area contributed by atoms with Crippen LogP contribution in [0.25, 0.3) is 28.1 Å². The maximum Gasteiger partial charge on any atom is 0.280 e. The highest BCUT2D eigenvalue weighted by Crippen LogP contribution is 2.18. The Morgan fingerprint density at radius 1 is 1.09 bits per heavy atom. The van der Waals surface area contributed by atoms with Crippen LogP contribution in [0.15, 0.2) is 53.6 Å². The first kappa shape index (κ1) is 13.6. The summed E-state index contributed by atoms with van der Waals surface area (Å²) >= 11 is 0. The fourth-order valence-electron chi connectivity index (χ4n) is 2.50. The second kappa shape index (κ2) is 5.29. The van der Waals surface area contributed by atoms with Crippen LogP contribution in [0.2, 0.25) is 0 Å². The Bertz CT molecular complexity index is 1050. The number of imidazole rings is 1. The van der Waals surface area contributed by atoms with Crippen molar-refractivity contribution in [3.63, 3.8) is 0 Å². The smallest absolute Gasteiger partial charge is 0.280 e. The molecule has 0 amide bonds. The number of aromatic nitrogens is 5. The first-order valence-corrected chi connectivity index (χ1v) is 7.19. The van der Waals surface area contributed by atoms with E-state index in [1.54, 1.807) is 18.5 Å². The summed E-state index contributed by atoms with van der Waals surface area (Å²) in [5.41, 5.74) is 2.17. The molecule has 3 heterocycles. The van der Waals surface area contributed by atoms with Crippen LogP contribution in [-0.4, -0.2) is 35.9 Å². The van der Waals surface area contributed by atoms with Crippen molar-refractivity contribution in [2.24, 2.45) is 0 Å². The van der Waals surface area contributed by atoms with Gasteiger partial charge in [0.1, 0.15) is 5.52 Å². The van der Waals surface area contributed by atoms with Crippen molar-refractivity contribution in [3.8, 4) is 11.3 Å². The Morgan fingerprint density at radius 3 is 2.70 bits per heavy atom. The zero-order valence-corrected chi connectivity index (χ0v) is 12.1. The van der Waals surface area contributed by atoms with Gasteiger partial charge in [0, 0.05) is 18.3 Å². The van der Waals surface area contributed by atoms with Crippen LogP contribution in [-0.2, 0) is 6.54 Å². The van der Waals surface area contributed by atoms with Gasteiger partial charge in [-0.2, -0.15) is 5.10 Å². The van der Waals surface area contributed by atoms with Crippen molar-refractivity contribution >= 4 is 16.8 Å². The molecule has 0 bridgehead atoms. The van der Waals surface area contributed by atoms with Crippen LogP contribution < -0.4 is 5.56 Å². The standard InChI is InChI=1S/C16H13N5O2/c22-9-8-20-7-6-12-14(15(20)23)19-21-10-13(18-16(21)17-12)11-4-2-1-3-5-11/h1-7,10,22H,8-9H2. The van der Waals surface area contributed by atoms with Crippen molar-refractivity contribution < 1.29 is 5.11 Å². The first-order chi connectivity index (χ1) is 11.3. The predicted molar refractivity (Wildman–Crippen MR) is 85.1 cm³/mol. The lowest BCUT2D eigenvalue weighted by molar-refractivity contribution is 0.274. The van der Waals surface area contributed by atoms with Gasteiger partial charge in [-0.05, 0) is 6.07 Å². The van der Waals surface area contributed by atoms with E-state index in [0.717, 1.165) is 11.3 Å². The van der Waals surface area contributed by atoms with E-state index in [-0.39, 0.29) is 24.2 Å². The highest BCUT2D eigenvalue weighted by atomic mass is 16.3. The third-order valence-electron chi connectivity index (χ3n) is 3.63. The summed E-state index contributed by atoms with van der Waals surface area (Å²) in [6.07, 6.45) is 3.35. The quantitative estimate of drug-likeness (QED) is 0.612. The molecule has 114 valence electrons. The summed E-state index contributed by atoms with van der Waals surface area (Å²) in [5.74, 6) is 0.440. The van der Waals surface area contributed by atoms with Gasteiger partial charge in [-0.3, -0.25) is 4.79 Å². The number of pyridine rings is 1. The molecule has 7 heteroatoms. The Hall–Kier alpha value is -3.06. The summed E-state index contributed by atoms with van der Waals surface area (Å²) in [6.45, 7) is 0.123. The van der Waals surface area contributed by atoms with Crippen LogP contribution in [0, 0.1) is 0 Å². The molecule has 0 spiro atoms. The van der Waals surface area contributed by atoms with E-state index < -0.39 is 0 Å². The molecule has 23 heavy (non-hydrogen) atoms. The molecule has 0 aliphatic carbocycles. The van der Waals surface area contributed by atoms with Crippen LogP contribution in [0.1, 0.15) is 0 Å². The number of benzene rings is 1. The van der Waals surface area contributed by atoms with Crippen LogP contribution >= 0.6 is 0 Å². The molecule has 0 aliphatic rings. The zero-order chi connectivity index (χ0) is 15.8. The van der Waals surface area contributed by atoms with E-state index in [1.807, 2.05) is 30.3 Å². The lowest BCUT2D eigenvalue weighted by atomic mass is 10.2. The van der Waals surface area contributed by atoms with Crippen LogP contribution in [0.5, 0.6) is 0 Å². The van der Waals surface area contributed by atoms with Crippen molar-refractivity contribution in [1.82, 2.24) is 24.1 Å². The molecule has 0 fully saturated rings. The molecule has 1 N–H and O–H groups in total. The van der Waals surface area contributed by atoms with Gasteiger partial charge in [-0.25, -0.2) is 14.5 Å². The van der Waals surface area contributed by atoms with Crippen LogP contribution in [0.4, 0.5) is 0 Å². The third-order valence-corrected chi connectivity index (χ3v) is 3.63. The number of rotatable bonds is 3. The van der Waals surface area contributed by atoms with Gasteiger partial charge >= 0.3 is 0 Å². The molecular formula is C16H13N5O2. The third kappa shape index (κ3) is 2.27. The summed E-state index contributed by atoms with van der Waals surface area (Å²) in [5, 5.41) is 13.3. The van der Waals surface area contributed by atoms with Gasteiger partial charge in [0.25, 0.3) is 11.3 Å². The summed E-state index contributed by atoms with van der Waals surface area (Å²) < 4.78 is 2.92. The van der Waals surface area contributed by atoms with E-state index >= 15 is 0 Å². The van der Waals surface area contributed by atoms with Crippen molar-refractivity contribution in [1.29, 1.82) is 0 Å². The molecule has 0 saturated carbocycles. The molecule has 4 aromatic rings. The van der Waals surface area contributed by atoms with E-state index in [9.17, 15) is 4.79 Å². The van der Waals surface area contributed by atoms with Crippen molar-refractivity contribution in [2.45, 2.75) is 6.54 Å². The zero-order valence-electron chi connectivity index (χ0n) is 12.1. The van der Waals surface area contributed by atoms with Gasteiger partial charge < -0.3 is 9.67 Å². The minimum Gasteiger partial charge on any atom is -0.395 e. The Morgan fingerprint density at radius 2 is 1.91 bits per heavy atom. The maximum absolute atomic E-state index is 12.4. The van der Waals surface area contributed by atoms with E-state index in [4.69, 9.17) is 5.11 Å². The molecule has 4 rings (SSSR count). The van der Waals surface area contributed by atoms with Gasteiger partial charge in [0.15, 0.2) is 5.52 Å². The molecular weight excluding hydrogens is 294 g/mol. The molecule has 0 atom stereocenters. The van der Waals surface area contributed by atoms with E-state index in [1.165, 1.54) is 9.08 Å². The minimum atomic E-state index is -0.277. The second-order valence-electron chi connectivity index (χ2n) is 5.12. The fraction of sp³-hybridized carbons (Fsp3) is 0.125. The summed E-state index contributed by atoms with van der Waals surface area (Å²) in [6, 6.07) is 11.4. The monoisotopic (exact) mass is 307 g/mol. The van der Waals surface area contributed by atoms with E-state index in [0.29, 0.717) is 11.3 Å². The first-order valence-electron chi connectivity index (χ1n) is 7.19. The number of aliphatic hydroxyl groups excluding tert-OH is 1. The number of nitrogens with zero attached hydrogens (tertiary/aromatic N) is 5. The number of hydrogen-bond donors (Lipinski definition) is 1. The largest absolute Gasteiger partial charge is 0.395 e. The average Bonchev–Trinajstić information content (AvgIpc) is 3.00. The average molecular weight is 307 g/mol. The lowest BCUT2D eigenvalue weighted by Crippen LogP contribution is -2.22. The van der Waals surface area contributed by atoms with Gasteiger partial charge in [-0.1, -0.05) is 30.3 Å². The molecule has 7 nitrogen and oxygen atoms in total. The van der Waals surface area contributed by atoms with Crippen molar-refractivity contribution in [2.75, 3.05) is 6.61 Å². The predicted octanol–water partition coefficient (Wildman–Crippen LogP) is 1.10. The number of aliphatic hydroxyl groups is 1. The topological polar surface area (TPSA) is 85.3 Å². The molecule has 0 saturated heterocycles. The summed E-state index contributed by atoms with van der Waals surface area (Å²) in [7, 11) is 0. The van der Waals surface area contributed by atoms with E-state index in [2.05, 4.69) is 15.1 Å². The normalized spacial score (nSPS) is 11.3. The maximum atomic E-state index is 12.4. The number of hydrogen-bond acceptors (Lipinski definition) is 5. The highest BCUT2D eigenvalue weighted by molar-refractivity contribution is 5.74. The molecule has 0 aliphatic heterocycles. The second-order valence-corrected chi connectivity index (χ2v) is 5.12. The fourth-order valence-corrected chi connectivity index (χ4v) is 2.50. The van der Waals surface area contributed by atoms with Gasteiger partial charge in [0.2, 0.25) is 0 Å². The summed E-state index contributed by atoms with van der Waals surface area (Å²) in [4.78, 5) is 21.2. The Kier molecular flexibility index (Phi) is 3.13. The SMILES string of the molecule is O=c1c2nn3cc(-c4ccccc4)nc3nc2ccn1CCO. The Labute approximate surface area is 130 Å². The molecule has 3 aromatic heterocycles. The van der Waals surface area contributed by atoms with Crippen LogP contribution in [0.3, 0.4) is 0 Å². The Balaban J connectivity index is 1.93. The molecule has 0 radical (unpaired) electrons. The lowest BCUT2D eigenvalue weighted by Gasteiger charge is -2.04. The van der Waals surface area contributed by atoms with Gasteiger partial charge in [-0.15, -0.1) is 0 Å². The molecule has 0 unspecified atom stereocenters. The highest BCUT2D eigenvalue weighted by Gasteiger charge is 2.11. The minimum absolute atomic E-state index is 0.107. The number of fused-ring (bicyclic) bond motifs is 2.